The zero-order valence-electron chi connectivity index (χ0n) is 20.9. The number of ether oxygens (including phenoxy) is 2. The van der Waals surface area contributed by atoms with E-state index in [1.54, 1.807) is 18.2 Å². The summed E-state index contributed by atoms with van der Waals surface area (Å²) < 4.78 is 15.2. The molecule has 0 bridgehead atoms. The van der Waals surface area contributed by atoms with Crippen LogP contribution in [0, 0.1) is 0 Å². The third-order valence-corrected chi connectivity index (χ3v) is 7.37. The predicted octanol–water partition coefficient (Wildman–Crippen LogP) is 5.48. The molecular weight excluding hydrogens is 482 g/mol. The number of rotatable bonds is 6. The number of anilines is 1. The fourth-order valence-electron chi connectivity index (χ4n) is 5.49. The number of methoxy groups -OCH3 is 1. The number of amides is 1. The number of nitrogens with zero attached hydrogens (tertiary/aromatic N) is 6. The molecule has 2 aliphatic heterocycles. The molecule has 0 radical (unpaired) electrons. The van der Waals surface area contributed by atoms with E-state index in [4.69, 9.17) is 15.0 Å². The average Bonchev–Trinajstić information content (AvgIpc) is 3.67. The Bertz CT molecular complexity index is 1530. The first kappa shape index (κ1) is 23.6. The molecular formula is C28H27N7O3. The third-order valence-electron chi connectivity index (χ3n) is 7.37. The fraction of sp³-hybridized carbons (Fsp3) is 0.250. The van der Waals surface area contributed by atoms with Crippen LogP contribution in [0.2, 0.25) is 0 Å². The molecule has 2 aromatic carbocycles. The molecule has 38 heavy (non-hydrogen) atoms. The van der Waals surface area contributed by atoms with Gasteiger partial charge in [-0.05, 0) is 73.0 Å². The maximum atomic E-state index is 13.5. The van der Waals surface area contributed by atoms with Crippen molar-refractivity contribution >= 4 is 11.6 Å². The van der Waals surface area contributed by atoms with Gasteiger partial charge in [-0.2, -0.15) is 0 Å². The van der Waals surface area contributed by atoms with E-state index in [1.807, 2.05) is 29.4 Å². The van der Waals surface area contributed by atoms with E-state index in [-0.39, 0.29) is 18.2 Å². The summed E-state index contributed by atoms with van der Waals surface area (Å²) in [6, 6.07) is 19.8. The summed E-state index contributed by atoms with van der Waals surface area (Å²) in [5.41, 5.74) is 13.2. The first-order chi connectivity index (χ1) is 18.6. The number of aromatic nitrogens is 2. The maximum Gasteiger partial charge on any atom is 0.254 e. The van der Waals surface area contributed by atoms with E-state index in [2.05, 4.69) is 61.0 Å². The van der Waals surface area contributed by atoms with Gasteiger partial charge in [0.2, 0.25) is 0 Å². The number of hydrogen-bond acceptors (Lipinski definition) is 5. The van der Waals surface area contributed by atoms with Gasteiger partial charge in [0.1, 0.15) is 11.5 Å². The monoisotopic (exact) mass is 509 g/mol. The Morgan fingerprint density at radius 3 is 2.61 bits per heavy atom. The number of nitrogens with one attached hydrogen (secondary N) is 1. The van der Waals surface area contributed by atoms with Gasteiger partial charge >= 0.3 is 0 Å². The summed E-state index contributed by atoms with van der Waals surface area (Å²) >= 11 is 0. The van der Waals surface area contributed by atoms with E-state index < -0.39 is 0 Å². The lowest BCUT2D eigenvalue weighted by atomic mass is 9.82. The van der Waals surface area contributed by atoms with Crippen LogP contribution in [0.3, 0.4) is 0 Å². The van der Waals surface area contributed by atoms with Gasteiger partial charge in [0.25, 0.3) is 5.91 Å². The van der Waals surface area contributed by atoms with Crippen LogP contribution < -0.4 is 14.8 Å². The molecule has 4 heterocycles. The van der Waals surface area contributed by atoms with Gasteiger partial charge in [-0.3, -0.25) is 4.79 Å². The number of likely N-dealkylation sites (tertiary alicyclic amines) is 1. The van der Waals surface area contributed by atoms with Gasteiger partial charge in [0.15, 0.2) is 6.73 Å². The van der Waals surface area contributed by atoms with Crippen molar-refractivity contribution in [3.8, 4) is 22.9 Å². The largest absolute Gasteiger partial charge is 0.497 e. The number of benzene rings is 2. The molecule has 0 saturated carbocycles. The lowest BCUT2D eigenvalue weighted by Crippen LogP contribution is -2.51. The summed E-state index contributed by atoms with van der Waals surface area (Å²) in [5, 5.41) is 7.26. The molecule has 1 fully saturated rings. The smallest absolute Gasteiger partial charge is 0.254 e. The Labute approximate surface area is 219 Å². The van der Waals surface area contributed by atoms with Gasteiger partial charge < -0.3 is 28.8 Å². The molecule has 2 aliphatic rings. The highest BCUT2D eigenvalue weighted by Crippen LogP contribution is 2.44. The number of azide groups is 1. The number of hydrogen-bond donors (Lipinski definition) is 1. The number of carbonyl (C=O) groups excluding carboxylic acids is 1. The van der Waals surface area contributed by atoms with Gasteiger partial charge in [-0.15, -0.1) is 0 Å². The van der Waals surface area contributed by atoms with E-state index in [9.17, 15) is 4.79 Å². The Hall–Kier alpha value is -4.82. The molecule has 0 aliphatic carbocycles. The molecule has 4 aromatic rings. The van der Waals surface area contributed by atoms with E-state index in [0.29, 0.717) is 30.2 Å². The van der Waals surface area contributed by atoms with Gasteiger partial charge in [0.05, 0.1) is 24.0 Å². The maximum absolute atomic E-state index is 13.5. The van der Waals surface area contributed by atoms with Crippen LogP contribution in [-0.2, 0) is 5.54 Å². The second-order valence-electron chi connectivity index (χ2n) is 9.46. The van der Waals surface area contributed by atoms with Crippen LogP contribution in [0.4, 0.5) is 5.69 Å². The van der Waals surface area contributed by atoms with E-state index in [1.165, 1.54) is 12.8 Å². The Balaban J connectivity index is 1.24. The Kier molecular flexibility index (Phi) is 5.94. The Morgan fingerprint density at radius 2 is 1.84 bits per heavy atom. The molecule has 2 aromatic heterocycles. The fourth-order valence-corrected chi connectivity index (χ4v) is 5.49. The van der Waals surface area contributed by atoms with Crippen LogP contribution >= 0.6 is 0 Å². The molecule has 192 valence electrons. The standard InChI is InChI=1S/C28H27N7O3/c1-37-22-15-20(16-23(18-22)38-19-30-32-29)27(36)34-13-8-28(9-14-34)26-5-4-12-35(26)25-7-6-21(17-24(25)31-28)33-10-2-3-11-33/h2-7,10-12,15-18,31H,8-9,13-14,19H2,1H3. The van der Waals surface area contributed by atoms with Crippen LogP contribution in [0.15, 0.2) is 84.4 Å². The first-order valence-corrected chi connectivity index (χ1v) is 12.5. The van der Waals surface area contributed by atoms with Gasteiger partial charge in [-0.25, -0.2) is 0 Å². The molecule has 1 amide bonds. The summed E-state index contributed by atoms with van der Waals surface area (Å²) in [4.78, 5) is 18.1. The van der Waals surface area contributed by atoms with Crippen molar-refractivity contribution in [3.63, 3.8) is 0 Å². The highest BCUT2D eigenvalue weighted by Gasteiger charge is 2.42. The van der Waals surface area contributed by atoms with Crippen LogP contribution in [0.1, 0.15) is 28.9 Å². The van der Waals surface area contributed by atoms with Crippen LogP contribution in [-0.4, -0.2) is 46.9 Å². The number of fused-ring (bicyclic) bond motifs is 4. The third kappa shape index (κ3) is 4.10. The number of carbonyl (C=O) groups is 1. The first-order valence-electron chi connectivity index (χ1n) is 12.5. The zero-order chi connectivity index (χ0) is 26.1. The van der Waals surface area contributed by atoms with Crippen molar-refractivity contribution in [2.45, 2.75) is 18.4 Å². The Morgan fingerprint density at radius 1 is 1.05 bits per heavy atom. The van der Waals surface area contributed by atoms with Gasteiger partial charge in [-0.1, -0.05) is 5.11 Å². The van der Waals surface area contributed by atoms with Crippen molar-refractivity contribution in [3.05, 3.63) is 101 Å². The second kappa shape index (κ2) is 9.57. The average molecular weight is 510 g/mol. The lowest BCUT2D eigenvalue weighted by Gasteiger charge is -2.46. The zero-order valence-corrected chi connectivity index (χ0v) is 20.9. The quantitative estimate of drug-likeness (QED) is 0.211. The van der Waals surface area contributed by atoms with Crippen molar-refractivity contribution in [1.29, 1.82) is 0 Å². The minimum atomic E-state index is -0.277. The minimum Gasteiger partial charge on any atom is -0.497 e. The predicted molar refractivity (Wildman–Crippen MR) is 143 cm³/mol. The van der Waals surface area contributed by atoms with Gasteiger partial charge in [0, 0.05) is 59.6 Å². The highest BCUT2D eigenvalue weighted by atomic mass is 16.5. The molecule has 1 saturated heterocycles. The van der Waals surface area contributed by atoms with Crippen molar-refractivity contribution in [1.82, 2.24) is 14.0 Å². The summed E-state index contributed by atoms with van der Waals surface area (Å²) in [6.45, 7) is 1.02. The molecule has 10 nitrogen and oxygen atoms in total. The van der Waals surface area contributed by atoms with Crippen LogP contribution in [0.25, 0.3) is 21.8 Å². The molecule has 0 unspecified atom stereocenters. The highest BCUT2D eigenvalue weighted by molar-refractivity contribution is 5.95. The molecule has 6 rings (SSSR count). The lowest BCUT2D eigenvalue weighted by molar-refractivity contribution is 0.0675. The molecule has 0 atom stereocenters. The van der Waals surface area contributed by atoms with Crippen molar-refractivity contribution < 1.29 is 14.3 Å². The summed E-state index contributed by atoms with van der Waals surface area (Å²) in [6.07, 6.45) is 7.71. The molecule has 10 heteroatoms. The van der Waals surface area contributed by atoms with Crippen molar-refractivity contribution in [2.24, 2.45) is 5.11 Å². The number of piperidine rings is 1. The minimum absolute atomic E-state index is 0.0890. The van der Waals surface area contributed by atoms with E-state index in [0.717, 1.165) is 29.9 Å². The van der Waals surface area contributed by atoms with Crippen LogP contribution in [0.5, 0.6) is 11.5 Å². The summed E-state index contributed by atoms with van der Waals surface area (Å²) in [5.74, 6) is 0.825. The van der Waals surface area contributed by atoms with E-state index >= 15 is 0 Å². The normalized spacial score (nSPS) is 15.1. The van der Waals surface area contributed by atoms with Crippen molar-refractivity contribution in [2.75, 3.05) is 32.2 Å². The SMILES string of the molecule is COc1cc(OCN=[N+]=[N-])cc(C(=O)N2CCC3(CC2)Nc2cc(-n4cccc4)ccc2-n2cccc23)c1. The topological polar surface area (TPSA) is 109 Å². The molecule has 1 spiro atoms. The summed E-state index contributed by atoms with van der Waals surface area (Å²) in [7, 11) is 1.54. The molecule has 1 N–H and O–H groups in total. The second-order valence-corrected chi connectivity index (χ2v) is 9.46.